The maximum Gasteiger partial charge on any atom is 0.377 e. The van der Waals surface area contributed by atoms with E-state index in [4.69, 9.17) is 15.5 Å². The van der Waals surface area contributed by atoms with Gasteiger partial charge >= 0.3 is 5.97 Å². The Labute approximate surface area is 78.6 Å². The first kappa shape index (κ1) is 10.1. The molecule has 0 aliphatic carbocycles. The molecule has 1 aromatic heterocycles. The van der Waals surface area contributed by atoms with Crippen molar-refractivity contribution in [2.75, 3.05) is 0 Å². The molecule has 0 amide bonds. The third kappa shape index (κ3) is 2.53. The van der Waals surface area contributed by atoms with E-state index in [0.29, 0.717) is 0 Å². The molecular weight excluding hydrogens is 190 g/mol. The van der Waals surface area contributed by atoms with Crippen LogP contribution in [0.4, 0.5) is 0 Å². The second kappa shape index (κ2) is 4.34. The minimum atomic E-state index is -1.30. The van der Waals surface area contributed by atoms with Gasteiger partial charge in [-0.3, -0.25) is 0 Å². The lowest BCUT2D eigenvalue weighted by Crippen LogP contribution is -2.09. The van der Waals surface area contributed by atoms with Gasteiger partial charge in [0.2, 0.25) is 5.89 Å². The van der Waals surface area contributed by atoms with Gasteiger partial charge in [-0.05, 0) is 5.16 Å². The maximum atomic E-state index is 10.3. The molecule has 0 radical (unpaired) electrons. The summed E-state index contributed by atoms with van der Waals surface area (Å²) in [5.41, 5.74) is 0. The molecule has 1 rings (SSSR count). The Hall–Kier alpha value is -1.94. The first-order valence-electron chi connectivity index (χ1n) is 3.74. The summed E-state index contributed by atoms with van der Waals surface area (Å²) in [4.78, 5) is 13.8. The largest absolute Gasteiger partial charge is 0.475 e. The van der Waals surface area contributed by atoms with Crippen molar-refractivity contribution >= 4 is 5.97 Å². The molecule has 0 saturated carbocycles. The number of aliphatic hydroxyl groups is 1. The zero-order valence-corrected chi connectivity index (χ0v) is 7.04. The van der Waals surface area contributed by atoms with Crippen molar-refractivity contribution in [2.24, 2.45) is 0 Å². The number of nitriles is 1. The van der Waals surface area contributed by atoms with Gasteiger partial charge in [-0.2, -0.15) is 10.2 Å². The Bertz CT molecular complexity index is 367. The van der Waals surface area contributed by atoms with Crippen LogP contribution in [0, 0.1) is 11.3 Å². The second-order valence-corrected chi connectivity index (χ2v) is 2.54. The van der Waals surface area contributed by atoms with E-state index in [2.05, 4.69) is 14.7 Å². The fourth-order valence-electron chi connectivity index (χ4n) is 0.804. The van der Waals surface area contributed by atoms with Crippen LogP contribution in [0.15, 0.2) is 4.52 Å². The lowest BCUT2D eigenvalue weighted by molar-refractivity contribution is 0.0680. The van der Waals surface area contributed by atoms with Crippen molar-refractivity contribution in [3.05, 3.63) is 11.7 Å². The van der Waals surface area contributed by atoms with Gasteiger partial charge in [0.15, 0.2) is 0 Å². The van der Waals surface area contributed by atoms with Gasteiger partial charge in [0.1, 0.15) is 0 Å². The molecule has 7 nitrogen and oxygen atoms in total. The van der Waals surface area contributed by atoms with E-state index in [1.54, 1.807) is 6.07 Å². The number of carboxylic acids is 1. The summed E-state index contributed by atoms with van der Waals surface area (Å²) < 4.78 is 4.53. The summed E-state index contributed by atoms with van der Waals surface area (Å²) in [6.45, 7) is 0. The normalized spacial score (nSPS) is 12.0. The molecule has 14 heavy (non-hydrogen) atoms. The molecule has 0 aliphatic rings. The predicted molar refractivity (Wildman–Crippen MR) is 41.2 cm³/mol. The Kier molecular flexibility index (Phi) is 3.14. The van der Waals surface area contributed by atoms with Gasteiger partial charge in [-0.15, -0.1) is 0 Å². The van der Waals surface area contributed by atoms with Crippen LogP contribution < -0.4 is 0 Å². The minimum Gasteiger partial charge on any atom is -0.475 e. The van der Waals surface area contributed by atoms with Crippen LogP contribution in [0.2, 0.25) is 0 Å². The highest BCUT2D eigenvalue weighted by Gasteiger charge is 2.15. The molecule has 0 bridgehead atoms. The van der Waals surface area contributed by atoms with E-state index in [-0.39, 0.29) is 18.7 Å². The summed E-state index contributed by atoms with van der Waals surface area (Å²) in [5.74, 6) is -1.75. The van der Waals surface area contributed by atoms with E-state index in [1.807, 2.05) is 0 Å². The number of aromatic nitrogens is 2. The average molecular weight is 197 g/mol. The monoisotopic (exact) mass is 197 g/mol. The number of aliphatic hydroxyl groups excluding tert-OH is 1. The lowest BCUT2D eigenvalue weighted by atomic mass is 10.2. The molecule has 0 spiro atoms. The van der Waals surface area contributed by atoms with E-state index in [9.17, 15) is 4.79 Å². The average Bonchev–Trinajstić information content (AvgIpc) is 2.53. The minimum absolute atomic E-state index is 0.00477. The molecule has 2 N–H and O–H groups in total. The first-order chi connectivity index (χ1) is 6.63. The highest BCUT2D eigenvalue weighted by molar-refractivity contribution is 5.82. The van der Waals surface area contributed by atoms with Crippen molar-refractivity contribution in [3.8, 4) is 6.07 Å². The van der Waals surface area contributed by atoms with E-state index in [0.717, 1.165) is 0 Å². The summed E-state index contributed by atoms with van der Waals surface area (Å²) >= 11 is 0. The molecule has 1 heterocycles. The third-order valence-corrected chi connectivity index (χ3v) is 1.40. The fourth-order valence-corrected chi connectivity index (χ4v) is 0.804. The van der Waals surface area contributed by atoms with Gasteiger partial charge in [0, 0.05) is 0 Å². The summed E-state index contributed by atoms with van der Waals surface area (Å²) in [6, 6.07) is 1.76. The summed E-state index contributed by atoms with van der Waals surface area (Å²) in [5, 5.41) is 29.0. The van der Waals surface area contributed by atoms with Crippen molar-refractivity contribution in [1.29, 1.82) is 5.26 Å². The Balaban J connectivity index is 2.60. The zero-order valence-electron chi connectivity index (χ0n) is 7.04. The van der Waals surface area contributed by atoms with Gasteiger partial charge < -0.3 is 14.7 Å². The molecular formula is C7H7N3O4. The van der Waals surface area contributed by atoms with E-state index in [1.165, 1.54) is 0 Å². The van der Waals surface area contributed by atoms with Crippen LogP contribution in [0.5, 0.6) is 0 Å². The third-order valence-electron chi connectivity index (χ3n) is 1.40. The van der Waals surface area contributed by atoms with Gasteiger partial charge in [0.25, 0.3) is 5.82 Å². The SMILES string of the molecule is N#CCC(O)Cc1nc(C(=O)O)no1. The van der Waals surface area contributed by atoms with Crippen molar-refractivity contribution in [3.63, 3.8) is 0 Å². The molecule has 1 unspecified atom stereocenters. The molecule has 0 aromatic carbocycles. The molecule has 1 atom stereocenters. The summed E-state index contributed by atoms with van der Waals surface area (Å²) in [6.07, 6.45) is -0.999. The van der Waals surface area contributed by atoms with Crippen molar-refractivity contribution < 1.29 is 19.5 Å². The number of carbonyl (C=O) groups is 1. The highest BCUT2D eigenvalue weighted by atomic mass is 16.5. The van der Waals surface area contributed by atoms with Gasteiger partial charge in [0.05, 0.1) is 25.0 Å². The molecule has 74 valence electrons. The Morgan fingerprint density at radius 1 is 1.71 bits per heavy atom. The number of nitrogens with zero attached hydrogens (tertiary/aromatic N) is 3. The van der Waals surface area contributed by atoms with Crippen LogP contribution in [-0.2, 0) is 6.42 Å². The predicted octanol–water partition coefficient (Wildman–Crippen LogP) is -0.415. The zero-order chi connectivity index (χ0) is 10.6. The second-order valence-electron chi connectivity index (χ2n) is 2.54. The number of hydrogen-bond acceptors (Lipinski definition) is 6. The Morgan fingerprint density at radius 2 is 2.43 bits per heavy atom. The number of rotatable bonds is 4. The van der Waals surface area contributed by atoms with Gasteiger partial charge in [-0.25, -0.2) is 4.79 Å². The Morgan fingerprint density at radius 3 is 2.93 bits per heavy atom. The fraction of sp³-hybridized carbons (Fsp3) is 0.429. The van der Waals surface area contributed by atoms with Crippen LogP contribution in [0.25, 0.3) is 0 Å². The molecule has 0 fully saturated rings. The number of hydrogen-bond donors (Lipinski definition) is 2. The number of aromatic carboxylic acids is 1. The van der Waals surface area contributed by atoms with Crippen molar-refractivity contribution in [2.45, 2.75) is 18.9 Å². The van der Waals surface area contributed by atoms with Crippen LogP contribution in [0.1, 0.15) is 22.9 Å². The first-order valence-corrected chi connectivity index (χ1v) is 3.74. The van der Waals surface area contributed by atoms with Crippen molar-refractivity contribution in [1.82, 2.24) is 10.1 Å². The number of carboxylic acid groups (broad SMARTS) is 1. The van der Waals surface area contributed by atoms with Crippen LogP contribution in [0.3, 0.4) is 0 Å². The molecule has 1 aromatic rings. The van der Waals surface area contributed by atoms with Crippen LogP contribution >= 0.6 is 0 Å². The van der Waals surface area contributed by atoms with E-state index >= 15 is 0 Å². The molecule has 0 aliphatic heterocycles. The smallest absolute Gasteiger partial charge is 0.377 e. The van der Waals surface area contributed by atoms with E-state index < -0.39 is 17.9 Å². The highest BCUT2D eigenvalue weighted by Crippen LogP contribution is 2.03. The lowest BCUT2D eigenvalue weighted by Gasteiger charge is -1.99. The van der Waals surface area contributed by atoms with Crippen LogP contribution in [-0.4, -0.2) is 32.4 Å². The molecule has 7 heteroatoms. The standard InChI is InChI=1S/C7H7N3O4/c8-2-1-4(11)3-5-9-6(7(12)13)10-14-5/h4,11H,1,3H2,(H,12,13). The van der Waals surface area contributed by atoms with Gasteiger partial charge in [-0.1, -0.05) is 0 Å². The topological polar surface area (TPSA) is 120 Å². The molecule has 0 saturated heterocycles. The summed E-state index contributed by atoms with van der Waals surface area (Å²) in [7, 11) is 0. The quantitative estimate of drug-likeness (QED) is 0.672. The maximum absolute atomic E-state index is 10.3.